The molecule has 0 saturated heterocycles. The van der Waals surface area contributed by atoms with Crippen LogP contribution in [0, 0.1) is 5.82 Å². The molecule has 2 aromatic carbocycles. The number of nitrogens with one attached hydrogen (secondary N) is 1. The number of carbonyl (C=O) groups excluding carboxylic acids is 1. The van der Waals surface area contributed by atoms with Crippen LogP contribution in [0.5, 0.6) is 0 Å². The number of rotatable bonds is 5. The largest absolute Gasteiger partial charge is 0.337 e. The van der Waals surface area contributed by atoms with Gasteiger partial charge in [-0.25, -0.2) is 17.5 Å². The van der Waals surface area contributed by atoms with Gasteiger partial charge < -0.3 is 4.90 Å². The molecular weight excluding hydrogens is 355 g/mol. The molecular formula is C16H16ClFN2O3S. The summed E-state index contributed by atoms with van der Waals surface area (Å²) in [6.07, 6.45) is 0. The molecule has 0 radical (unpaired) electrons. The SMILES string of the molecule is CNS(=O)(=O)c1ccc(Cl)c(C(=O)N(C)Cc2ccc(F)cc2)c1. The molecule has 8 heteroatoms. The zero-order valence-corrected chi connectivity index (χ0v) is 14.7. The van der Waals surface area contributed by atoms with Crippen LogP contribution in [-0.4, -0.2) is 33.3 Å². The first-order chi connectivity index (χ1) is 11.2. The number of halogens is 2. The van der Waals surface area contributed by atoms with Crippen LogP contribution in [0.2, 0.25) is 5.02 Å². The van der Waals surface area contributed by atoms with Gasteiger partial charge in [-0.1, -0.05) is 23.7 Å². The fourth-order valence-electron chi connectivity index (χ4n) is 2.09. The molecule has 2 rings (SSSR count). The Morgan fingerprint density at radius 2 is 1.83 bits per heavy atom. The van der Waals surface area contributed by atoms with Crippen LogP contribution in [-0.2, 0) is 16.6 Å². The topological polar surface area (TPSA) is 66.5 Å². The Kier molecular flexibility index (Phi) is 5.58. The van der Waals surface area contributed by atoms with Gasteiger partial charge in [0.1, 0.15) is 5.82 Å². The highest BCUT2D eigenvalue weighted by Crippen LogP contribution is 2.22. The number of amides is 1. The second-order valence-electron chi connectivity index (χ2n) is 5.14. The Hall–Kier alpha value is -1.96. The second kappa shape index (κ2) is 7.29. The third-order valence-electron chi connectivity index (χ3n) is 3.43. The average Bonchev–Trinajstić information content (AvgIpc) is 2.56. The van der Waals surface area contributed by atoms with Crippen molar-refractivity contribution in [2.75, 3.05) is 14.1 Å². The fourth-order valence-corrected chi connectivity index (χ4v) is 3.05. The molecule has 0 heterocycles. The van der Waals surface area contributed by atoms with Gasteiger partial charge in [-0.3, -0.25) is 4.79 Å². The Balaban J connectivity index is 2.28. The van der Waals surface area contributed by atoms with Gasteiger partial charge in [0.15, 0.2) is 0 Å². The van der Waals surface area contributed by atoms with E-state index in [1.54, 1.807) is 19.2 Å². The van der Waals surface area contributed by atoms with Crippen molar-refractivity contribution in [1.82, 2.24) is 9.62 Å². The molecule has 2 aromatic rings. The maximum atomic E-state index is 12.9. The first-order valence-electron chi connectivity index (χ1n) is 6.97. The normalized spacial score (nSPS) is 11.3. The first kappa shape index (κ1) is 18.4. The molecule has 0 aromatic heterocycles. The zero-order chi connectivity index (χ0) is 17.9. The predicted octanol–water partition coefficient (Wildman–Crippen LogP) is 2.66. The summed E-state index contributed by atoms with van der Waals surface area (Å²) < 4.78 is 38.8. The van der Waals surface area contributed by atoms with Gasteiger partial charge >= 0.3 is 0 Å². The molecule has 0 atom stereocenters. The Labute approximate surface area is 145 Å². The summed E-state index contributed by atoms with van der Waals surface area (Å²) in [5.74, 6) is -0.793. The highest BCUT2D eigenvalue weighted by molar-refractivity contribution is 7.89. The quantitative estimate of drug-likeness (QED) is 0.879. The minimum absolute atomic E-state index is 0.0482. The minimum Gasteiger partial charge on any atom is -0.337 e. The summed E-state index contributed by atoms with van der Waals surface area (Å²) in [5.41, 5.74) is 0.819. The minimum atomic E-state index is -3.68. The molecule has 0 bridgehead atoms. The van der Waals surface area contributed by atoms with Crippen LogP contribution >= 0.6 is 11.6 Å². The molecule has 0 aliphatic carbocycles. The fraction of sp³-hybridized carbons (Fsp3) is 0.188. The summed E-state index contributed by atoms with van der Waals surface area (Å²) in [7, 11) is -0.841. The van der Waals surface area contributed by atoms with Crippen molar-refractivity contribution in [3.05, 3.63) is 64.4 Å². The van der Waals surface area contributed by atoms with Crippen molar-refractivity contribution in [3.8, 4) is 0 Å². The molecule has 1 N–H and O–H groups in total. The Morgan fingerprint density at radius 3 is 2.42 bits per heavy atom. The molecule has 1 amide bonds. The second-order valence-corrected chi connectivity index (χ2v) is 7.43. The molecule has 0 unspecified atom stereocenters. The lowest BCUT2D eigenvalue weighted by Crippen LogP contribution is -2.27. The van der Waals surface area contributed by atoms with Crippen molar-refractivity contribution < 1.29 is 17.6 Å². The molecule has 0 aliphatic rings. The van der Waals surface area contributed by atoms with Gasteiger partial charge in [0, 0.05) is 13.6 Å². The Bertz CT molecular complexity index is 854. The third kappa shape index (κ3) is 4.11. The zero-order valence-electron chi connectivity index (χ0n) is 13.1. The lowest BCUT2D eigenvalue weighted by Gasteiger charge is -2.18. The van der Waals surface area contributed by atoms with Crippen molar-refractivity contribution in [2.45, 2.75) is 11.4 Å². The van der Waals surface area contributed by atoms with Crippen LogP contribution in [0.4, 0.5) is 4.39 Å². The van der Waals surface area contributed by atoms with Crippen molar-refractivity contribution >= 4 is 27.5 Å². The highest BCUT2D eigenvalue weighted by atomic mass is 35.5. The average molecular weight is 371 g/mol. The van der Waals surface area contributed by atoms with Crippen LogP contribution < -0.4 is 4.72 Å². The van der Waals surface area contributed by atoms with Gasteiger partial charge in [0.05, 0.1) is 15.5 Å². The monoisotopic (exact) mass is 370 g/mol. The van der Waals surface area contributed by atoms with Crippen molar-refractivity contribution in [1.29, 1.82) is 0 Å². The maximum absolute atomic E-state index is 12.9. The summed E-state index contributed by atoms with van der Waals surface area (Å²) in [6.45, 7) is 0.235. The standard InChI is InChI=1S/C16H16ClFN2O3S/c1-19-24(22,23)13-7-8-15(17)14(9-13)16(21)20(2)10-11-3-5-12(18)6-4-11/h3-9,19H,10H2,1-2H3. The first-order valence-corrected chi connectivity index (χ1v) is 8.83. The van der Waals surface area contributed by atoms with Gasteiger partial charge in [-0.2, -0.15) is 0 Å². The van der Waals surface area contributed by atoms with Crippen molar-refractivity contribution in [2.24, 2.45) is 0 Å². The van der Waals surface area contributed by atoms with E-state index in [0.717, 1.165) is 5.56 Å². The van der Waals surface area contributed by atoms with Gasteiger partial charge in [-0.05, 0) is 42.9 Å². The van der Waals surface area contributed by atoms with Gasteiger partial charge in [0.2, 0.25) is 10.0 Å². The molecule has 128 valence electrons. The van der Waals surface area contributed by atoms with E-state index in [2.05, 4.69) is 4.72 Å². The molecule has 5 nitrogen and oxygen atoms in total. The predicted molar refractivity (Wildman–Crippen MR) is 89.9 cm³/mol. The summed E-state index contributed by atoms with van der Waals surface area (Å²) >= 11 is 6.04. The summed E-state index contributed by atoms with van der Waals surface area (Å²) in [5, 5.41) is 0.154. The number of hydrogen-bond acceptors (Lipinski definition) is 3. The van der Waals surface area contributed by atoms with Crippen molar-refractivity contribution in [3.63, 3.8) is 0 Å². The Morgan fingerprint density at radius 1 is 1.21 bits per heavy atom. The lowest BCUT2D eigenvalue weighted by atomic mass is 10.1. The van der Waals surface area contributed by atoms with E-state index in [0.29, 0.717) is 0 Å². The van der Waals surface area contributed by atoms with E-state index in [1.165, 1.54) is 42.3 Å². The molecule has 0 spiro atoms. The lowest BCUT2D eigenvalue weighted by molar-refractivity contribution is 0.0785. The van der Waals surface area contributed by atoms with E-state index in [4.69, 9.17) is 11.6 Å². The van der Waals surface area contributed by atoms with E-state index >= 15 is 0 Å². The van der Waals surface area contributed by atoms with E-state index in [9.17, 15) is 17.6 Å². The van der Waals surface area contributed by atoms with Crippen LogP contribution in [0.25, 0.3) is 0 Å². The summed E-state index contributed by atoms with van der Waals surface area (Å²) in [4.78, 5) is 13.9. The van der Waals surface area contributed by atoms with Gasteiger partial charge in [0.25, 0.3) is 5.91 Å². The number of benzene rings is 2. The van der Waals surface area contributed by atoms with Gasteiger partial charge in [-0.15, -0.1) is 0 Å². The number of nitrogens with zero attached hydrogens (tertiary/aromatic N) is 1. The molecule has 24 heavy (non-hydrogen) atoms. The van der Waals surface area contributed by atoms with E-state index in [1.807, 2.05) is 0 Å². The highest BCUT2D eigenvalue weighted by Gasteiger charge is 2.20. The summed E-state index contributed by atoms with van der Waals surface area (Å²) in [6, 6.07) is 9.68. The smallest absolute Gasteiger partial charge is 0.255 e. The molecule has 0 saturated carbocycles. The van der Waals surface area contributed by atoms with E-state index < -0.39 is 15.9 Å². The van der Waals surface area contributed by atoms with Crippen LogP contribution in [0.3, 0.4) is 0 Å². The number of carbonyl (C=O) groups is 1. The third-order valence-corrected chi connectivity index (χ3v) is 5.17. The maximum Gasteiger partial charge on any atom is 0.255 e. The number of hydrogen-bond donors (Lipinski definition) is 1. The number of sulfonamides is 1. The molecule has 0 fully saturated rings. The van der Waals surface area contributed by atoms with Crippen LogP contribution in [0.1, 0.15) is 15.9 Å². The van der Waals surface area contributed by atoms with Crippen LogP contribution in [0.15, 0.2) is 47.4 Å². The van der Waals surface area contributed by atoms with E-state index in [-0.39, 0.29) is 27.8 Å². The molecule has 0 aliphatic heterocycles.